The van der Waals surface area contributed by atoms with Gasteiger partial charge in [0, 0.05) is 32.7 Å². The molecular formula is C20H23FN2O2. The van der Waals surface area contributed by atoms with Gasteiger partial charge in [0.2, 0.25) is 5.91 Å². The topological polar surface area (TPSA) is 32.8 Å². The van der Waals surface area contributed by atoms with Crippen LogP contribution in [0.2, 0.25) is 0 Å². The molecule has 0 atom stereocenters. The zero-order valence-electron chi connectivity index (χ0n) is 14.5. The van der Waals surface area contributed by atoms with Crippen LogP contribution in [0.3, 0.4) is 0 Å². The molecule has 1 saturated heterocycles. The third-order valence-electron chi connectivity index (χ3n) is 4.55. The van der Waals surface area contributed by atoms with E-state index in [2.05, 4.69) is 17.0 Å². The van der Waals surface area contributed by atoms with Gasteiger partial charge in [-0.3, -0.25) is 9.69 Å². The Kier molecular flexibility index (Phi) is 5.66. The minimum absolute atomic E-state index is 0.0453. The number of carbonyl (C=O) groups is 1. The van der Waals surface area contributed by atoms with Crippen LogP contribution >= 0.6 is 0 Å². The molecule has 0 bridgehead atoms. The monoisotopic (exact) mass is 342 g/mol. The molecule has 4 nitrogen and oxygen atoms in total. The summed E-state index contributed by atoms with van der Waals surface area (Å²) in [5.74, 6) is -0.185. The Bertz CT molecular complexity index is 713. The van der Waals surface area contributed by atoms with Crippen molar-refractivity contribution in [3.05, 3.63) is 65.5 Å². The fourth-order valence-corrected chi connectivity index (χ4v) is 3.10. The second kappa shape index (κ2) is 8.12. The van der Waals surface area contributed by atoms with Crippen LogP contribution < -0.4 is 4.74 Å². The maximum atomic E-state index is 13.7. The Morgan fingerprint density at radius 2 is 1.76 bits per heavy atom. The average Bonchev–Trinajstić information content (AvgIpc) is 2.63. The Morgan fingerprint density at radius 3 is 2.40 bits per heavy atom. The van der Waals surface area contributed by atoms with E-state index in [0.29, 0.717) is 18.7 Å². The number of hydrogen-bond acceptors (Lipinski definition) is 3. The van der Waals surface area contributed by atoms with Crippen LogP contribution in [0.15, 0.2) is 48.5 Å². The fourth-order valence-electron chi connectivity index (χ4n) is 3.10. The van der Waals surface area contributed by atoms with Gasteiger partial charge in [-0.05, 0) is 23.3 Å². The zero-order chi connectivity index (χ0) is 17.6. The number of rotatable bonds is 5. The number of halogens is 1. The number of methoxy groups -OCH3 is 1. The molecule has 1 aliphatic rings. The molecule has 132 valence electrons. The van der Waals surface area contributed by atoms with Gasteiger partial charge in [-0.25, -0.2) is 4.39 Å². The summed E-state index contributed by atoms with van der Waals surface area (Å²) in [6, 6.07) is 15.0. The van der Waals surface area contributed by atoms with E-state index in [-0.39, 0.29) is 18.1 Å². The Balaban J connectivity index is 1.50. The van der Waals surface area contributed by atoms with Crippen molar-refractivity contribution in [1.82, 2.24) is 9.80 Å². The highest BCUT2D eigenvalue weighted by Gasteiger charge is 2.21. The Hall–Kier alpha value is -2.40. The van der Waals surface area contributed by atoms with E-state index in [1.807, 2.05) is 23.1 Å². The maximum Gasteiger partial charge on any atom is 0.227 e. The van der Waals surface area contributed by atoms with Gasteiger partial charge in [-0.15, -0.1) is 0 Å². The quantitative estimate of drug-likeness (QED) is 0.838. The van der Waals surface area contributed by atoms with Crippen LogP contribution in [0.1, 0.15) is 11.1 Å². The number of benzene rings is 2. The highest BCUT2D eigenvalue weighted by Crippen LogP contribution is 2.18. The molecule has 1 fully saturated rings. The number of hydrogen-bond donors (Lipinski definition) is 0. The Morgan fingerprint density at radius 1 is 1.04 bits per heavy atom. The molecule has 0 unspecified atom stereocenters. The smallest absolute Gasteiger partial charge is 0.227 e. The van der Waals surface area contributed by atoms with Gasteiger partial charge in [0.05, 0.1) is 13.5 Å². The van der Waals surface area contributed by atoms with Gasteiger partial charge >= 0.3 is 0 Å². The van der Waals surface area contributed by atoms with Crippen molar-refractivity contribution in [3.63, 3.8) is 0 Å². The van der Waals surface area contributed by atoms with E-state index >= 15 is 0 Å². The normalized spacial score (nSPS) is 15.2. The summed E-state index contributed by atoms with van der Waals surface area (Å²) in [6.07, 6.45) is 0.222. The Labute approximate surface area is 147 Å². The minimum Gasteiger partial charge on any atom is -0.494 e. The van der Waals surface area contributed by atoms with E-state index < -0.39 is 5.82 Å². The lowest BCUT2D eigenvalue weighted by molar-refractivity contribution is -0.132. The predicted octanol–water partition coefficient (Wildman–Crippen LogP) is 2.72. The summed E-state index contributed by atoms with van der Waals surface area (Å²) in [7, 11) is 1.43. The maximum absolute atomic E-state index is 13.7. The van der Waals surface area contributed by atoms with Crippen LogP contribution in [0.5, 0.6) is 5.75 Å². The largest absolute Gasteiger partial charge is 0.494 e. The third kappa shape index (κ3) is 4.57. The van der Waals surface area contributed by atoms with Crippen molar-refractivity contribution in [1.29, 1.82) is 0 Å². The lowest BCUT2D eigenvalue weighted by Gasteiger charge is -2.34. The van der Waals surface area contributed by atoms with Gasteiger partial charge in [0.1, 0.15) is 0 Å². The first-order valence-corrected chi connectivity index (χ1v) is 8.52. The first-order chi connectivity index (χ1) is 12.2. The van der Waals surface area contributed by atoms with E-state index in [9.17, 15) is 9.18 Å². The molecule has 5 heteroatoms. The molecule has 25 heavy (non-hydrogen) atoms. The molecule has 0 N–H and O–H groups in total. The summed E-state index contributed by atoms with van der Waals surface area (Å²) < 4.78 is 18.7. The van der Waals surface area contributed by atoms with Crippen molar-refractivity contribution in [2.24, 2.45) is 0 Å². The molecule has 0 aliphatic carbocycles. The molecule has 0 radical (unpaired) electrons. The van der Waals surface area contributed by atoms with Gasteiger partial charge in [-0.2, -0.15) is 0 Å². The van der Waals surface area contributed by atoms with Crippen LogP contribution in [0.25, 0.3) is 0 Å². The van der Waals surface area contributed by atoms with Crippen LogP contribution in [0.4, 0.5) is 4.39 Å². The van der Waals surface area contributed by atoms with Gasteiger partial charge in [-0.1, -0.05) is 36.4 Å². The number of nitrogens with zero attached hydrogens (tertiary/aromatic N) is 2. The lowest BCUT2D eigenvalue weighted by Crippen LogP contribution is -2.48. The minimum atomic E-state index is -0.430. The van der Waals surface area contributed by atoms with E-state index in [1.54, 1.807) is 12.1 Å². The van der Waals surface area contributed by atoms with Crippen LogP contribution in [-0.4, -0.2) is 49.0 Å². The molecule has 0 aromatic heterocycles. The highest BCUT2D eigenvalue weighted by molar-refractivity contribution is 5.79. The number of piperazine rings is 1. The molecule has 2 aromatic rings. The van der Waals surface area contributed by atoms with Crippen molar-refractivity contribution in [3.8, 4) is 5.75 Å². The second-order valence-electron chi connectivity index (χ2n) is 6.29. The predicted molar refractivity (Wildman–Crippen MR) is 95.0 cm³/mol. The first kappa shape index (κ1) is 17.4. The SMILES string of the molecule is COc1ccc(CC(=O)N2CCN(Cc3ccccc3)CC2)cc1F. The zero-order valence-corrected chi connectivity index (χ0v) is 14.5. The van der Waals surface area contributed by atoms with E-state index in [0.717, 1.165) is 19.6 Å². The van der Waals surface area contributed by atoms with Crippen LogP contribution in [-0.2, 0) is 17.8 Å². The summed E-state index contributed by atoms with van der Waals surface area (Å²) in [5.41, 5.74) is 1.96. The number of carbonyl (C=O) groups excluding carboxylic acids is 1. The lowest BCUT2D eigenvalue weighted by atomic mass is 10.1. The average molecular weight is 342 g/mol. The molecule has 0 spiro atoms. The summed E-state index contributed by atoms with van der Waals surface area (Å²) in [4.78, 5) is 16.7. The highest BCUT2D eigenvalue weighted by atomic mass is 19.1. The third-order valence-corrected chi connectivity index (χ3v) is 4.55. The molecule has 1 amide bonds. The van der Waals surface area contributed by atoms with E-state index in [1.165, 1.54) is 18.7 Å². The van der Waals surface area contributed by atoms with Gasteiger partial charge in [0.15, 0.2) is 11.6 Å². The molecule has 2 aromatic carbocycles. The molecule has 1 aliphatic heterocycles. The fraction of sp³-hybridized carbons (Fsp3) is 0.350. The number of ether oxygens (including phenoxy) is 1. The van der Waals surface area contributed by atoms with Crippen molar-refractivity contribution >= 4 is 5.91 Å². The van der Waals surface area contributed by atoms with Crippen molar-refractivity contribution in [2.45, 2.75) is 13.0 Å². The molecule has 0 saturated carbocycles. The van der Waals surface area contributed by atoms with E-state index in [4.69, 9.17) is 4.74 Å². The molecule has 1 heterocycles. The second-order valence-corrected chi connectivity index (χ2v) is 6.29. The number of amides is 1. The van der Waals surface area contributed by atoms with Gasteiger partial charge in [0.25, 0.3) is 0 Å². The van der Waals surface area contributed by atoms with Crippen molar-refractivity contribution in [2.75, 3.05) is 33.3 Å². The van der Waals surface area contributed by atoms with Crippen LogP contribution in [0, 0.1) is 5.82 Å². The molecular weight excluding hydrogens is 319 g/mol. The van der Waals surface area contributed by atoms with Crippen molar-refractivity contribution < 1.29 is 13.9 Å². The standard InChI is InChI=1S/C20H23FN2O2/c1-25-19-8-7-17(13-18(19)21)14-20(24)23-11-9-22(10-12-23)15-16-5-3-2-4-6-16/h2-8,13H,9-12,14-15H2,1H3. The van der Waals surface area contributed by atoms with Gasteiger partial charge < -0.3 is 9.64 Å². The molecule has 3 rings (SSSR count). The summed E-state index contributed by atoms with van der Waals surface area (Å²) in [5, 5.41) is 0. The first-order valence-electron chi connectivity index (χ1n) is 8.52. The summed E-state index contributed by atoms with van der Waals surface area (Å²) >= 11 is 0. The summed E-state index contributed by atoms with van der Waals surface area (Å²) in [6.45, 7) is 4.05.